The predicted octanol–water partition coefficient (Wildman–Crippen LogP) is 0.986. The lowest BCUT2D eigenvalue weighted by Crippen LogP contribution is -2.54. The molecule has 0 spiro atoms. The van der Waals surface area contributed by atoms with Crippen molar-refractivity contribution in [1.29, 1.82) is 0 Å². The van der Waals surface area contributed by atoms with E-state index in [2.05, 4.69) is 10.6 Å². The average molecular weight is 368 g/mol. The van der Waals surface area contributed by atoms with E-state index in [0.717, 1.165) is 37.2 Å². The minimum absolute atomic E-state index is 0. The SMILES string of the molecule is COc1ccccc1CC(=O)N1CCC(NC(=O)C2CNC2)CC1.Cl. The van der Waals surface area contributed by atoms with Gasteiger partial charge in [-0.3, -0.25) is 9.59 Å². The van der Waals surface area contributed by atoms with Gasteiger partial charge in [0.05, 0.1) is 19.4 Å². The molecule has 2 heterocycles. The lowest BCUT2D eigenvalue weighted by atomic mass is 9.99. The number of benzene rings is 1. The molecule has 1 aromatic rings. The van der Waals surface area contributed by atoms with Crippen molar-refractivity contribution in [2.75, 3.05) is 33.3 Å². The Balaban J connectivity index is 0.00000225. The van der Waals surface area contributed by atoms with Crippen molar-refractivity contribution in [1.82, 2.24) is 15.5 Å². The Morgan fingerprint density at radius 2 is 1.92 bits per heavy atom. The number of carbonyl (C=O) groups excluding carboxylic acids is 2. The van der Waals surface area contributed by atoms with Crippen molar-refractivity contribution >= 4 is 24.2 Å². The number of hydrogen-bond donors (Lipinski definition) is 2. The Morgan fingerprint density at radius 3 is 2.52 bits per heavy atom. The predicted molar refractivity (Wildman–Crippen MR) is 98.1 cm³/mol. The van der Waals surface area contributed by atoms with Crippen LogP contribution in [0.15, 0.2) is 24.3 Å². The van der Waals surface area contributed by atoms with Crippen LogP contribution in [0.1, 0.15) is 18.4 Å². The third-order valence-electron chi connectivity index (χ3n) is 4.88. The molecule has 2 N–H and O–H groups in total. The van der Waals surface area contributed by atoms with Gasteiger partial charge >= 0.3 is 0 Å². The smallest absolute Gasteiger partial charge is 0.227 e. The van der Waals surface area contributed by atoms with E-state index in [1.165, 1.54) is 0 Å². The number of methoxy groups -OCH3 is 1. The van der Waals surface area contributed by atoms with Crippen LogP contribution in [0.2, 0.25) is 0 Å². The zero-order valence-electron chi connectivity index (χ0n) is 14.5. The molecule has 0 aromatic heterocycles. The third kappa shape index (κ3) is 4.86. The molecule has 1 aromatic carbocycles. The van der Waals surface area contributed by atoms with Crippen molar-refractivity contribution in [3.63, 3.8) is 0 Å². The van der Waals surface area contributed by atoms with Crippen LogP contribution in [0.5, 0.6) is 5.75 Å². The van der Waals surface area contributed by atoms with Crippen LogP contribution < -0.4 is 15.4 Å². The fraction of sp³-hybridized carbons (Fsp3) is 0.556. The maximum absolute atomic E-state index is 12.5. The number of piperidine rings is 1. The second-order valence-corrected chi connectivity index (χ2v) is 6.51. The summed E-state index contributed by atoms with van der Waals surface area (Å²) >= 11 is 0. The molecular formula is C18H26ClN3O3. The quantitative estimate of drug-likeness (QED) is 0.814. The fourth-order valence-electron chi connectivity index (χ4n) is 3.19. The second-order valence-electron chi connectivity index (χ2n) is 6.51. The summed E-state index contributed by atoms with van der Waals surface area (Å²) in [5, 5.41) is 6.22. The van der Waals surface area contributed by atoms with E-state index in [4.69, 9.17) is 4.74 Å². The summed E-state index contributed by atoms with van der Waals surface area (Å²) in [6.45, 7) is 2.95. The highest BCUT2D eigenvalue weighted by Crippen LogP contribution is 2.20. The molecule has 0 atom stereocenters. The van der Waals surface area contributed by atoms with E-state index in [1.807, 2.05) is 29.2 Å². The Morgan fingerprint density at radius 1 is 1.24 bits per heavy atom. The van der Waals surface area contributed by atoms with E-state index in [9.17, 15) is 9.59 Å². The van der Waals surface area contributed by atoms with Gasteiger partial charge in [-0.1, -0.05) is 18.2 Å². The number of halogens is 1. The van der Waals surface area contributed by atoms with Crippen LogP contribution in [0, 0.1) is 5.92 Å². The van der Waals surface area contributed by atoms with E-state index in [-0.39, 0.29) is 36.2 Å². The Hall–Kier alpha value is -1.79. The number of para-hydroxylation sites is 1. The van der Waals surface area contributed by atoms with Gasteiger partial charge in [0.25, 0.3) is 0 Å². The van der Waals surface area contributed by atoms with Crippen LogP contribution in [0.4, 0.5) is 0 Å². The number of nitrogens with zero attached hydrogens (tertiary/aromatic N) is 1. The van der Waals surface area contributed by atoms with Gasteiger partial charge in [-0.05, 0) is 18.9 Å². The lowest BCUT2D eigenvalue weighted by Gasteiger charge is -2.34. The summed E-state index contributed by atoms with van der Waals surface area (Å²) in [4.78, 5) is 26.4. The minimum atomic E-state index is 0. The van der Waals surface area contributed by atoms with Crippen LogP contribution in [0.25, 0.3) is 0 Å². The van der Waals surface area contributed by atoms with Gasteiger partial charge < -0.3 is 20.3 Å². The number of amides is 2. The van der Waals surface area contributed by atoms with E-state index in [1.54, 1.807) is 7.11 Å². The first-order chi connectivity index (χ1) is 11.7. The number of nitrogens with one attached hydrogen (secondary N) is 2. The Kier molecular flexibility index (Phi) is 7.08. The van der Waals surface area contributed by atoms with Crippen LogP contribution in [0.3, 0.4) is 0 Å². The molecule has 138 valence electrons. The average Bonchev–Trinajstić information content (AvgIpc) is 2.54. The number of rotatable bonds is 5. The molecule has 2 aliphatic heterocycles. The zero-order chi connectivity index (χ0) is 16.9. The fourth-order valence-corrected chi connectivity index (χ4v) is 3.19. The first kappa shape index (κ1) is 19.5. The lowest BCUT2D eigenvalue weighted by molar-refractivity contribution is -0.132. The highest BCUT2D eigenvalue weighted by Gasteiger charge is 2.29. The van der Waals surface area contributed by atoms with Crippen molar-refractivity contribution in [3.8, 4) is 5.75 Å². The monoisotopic (exact) mass is 367 g/mol. The molecule has 3 rings (SSSR count). The largest absolute Gasteiger partial charge is 0.496 e. The molecule has 0 bridgehead atoms. The maximum Gasteiger partial charge on any atom is 0.227 e. The summed E-state index contributed by atoms with van der Waals surface area (Å²) in [6.07, 6.45) is 2.00. The maximum atomic E-state index is 12.5. The normalized spacial score (nSPS) is 18.0. The zero-order valence-corrected chi connectivity index (χ0v) is 15.3. The van der Waals surface area contributed by atoms with Crippen molar-refractivity contribution in [2.24, 2.45) is 5.92 Å². The van der Waals surface area contributed by atoms with Crippen molar-refractivity contribution in [2.45, 2.75) is 25.3 Å². The highest BCUT2D eigenvalue weighted by molar-refractivity contribution is 5.85. The molecule has 0 saturated carbocycles. The third-order valence-corrected chi connectivity index (χ3v) is 4.88. The summed E-state index contributed by atoms with van der Waals surface area (Å²) in [5.74, 6) is 1.14. The van der Waals surface area contributed by atoms with Gasteiger partial charge in [-0.2, -0.15) is 0 Å². The molecule has 0 radical (unpaired) electrons. The number of ether oxygens (including phenoxy) is 1. The molecule has 0 unspecified atom stereocenters. The standard InChI is InChI=1S/C18H25N3O3.ClH/c1-24-16-5-3-2-4-13(16)10-17(22)21-8-6-15(7-9-21)20-18(23)14-11-19-12-14;/h2-5,14-15,19H,6-12H2,1H3,(H,20,23);1H. The van der Waals surface area contributed by atoms with E-state index in [0.29, 0.717) is 19.5 Å². The van der Waals surface area contributed by atoms with Crippen molar-refractivity contribution < 1.29 is 14.3 Å². The van der Waals surface area contributed by atoms with Gasteiger partial charge in [-0.15, -0.1) is 12.4 Å². The molecule has 6 nitrogen and oxygen atoms in total. The topological polar surface area (TPSA) is 70.7 Å². The molecular weight excluding hydrogens is 342 g/mol. The van der Waals surface area contributed by atoms with Crippen LogP contribution in [-0.2, 0) is 16.0 Å². The molecule has 2 fully saturated rings. The number of hydrogen-bond acceptors (Lipinski definition) is 4. The van der Waals surface area contributed by atoms with Gasteiger partial charge in [0.1, 0.15) is 5.75 Å². The first-order valence-corrected chi connectivity index (χ1v) is 8.58. The molecule has 0 aliphatic carbocycles. The van der Waals surface area contributed by atoms with Gasteiger partial charge in [0.15, 0.2) is 0 Å². The van der Waals surface area contributed by atoms with Crippen LogP contribution >= 0.6 is 12.4 Å². The molecule has 2 aliphatic rings. The van der Waals surface area contributed by atoms with Gasteiger partial charge in [-0.25, -0.2) is 0 Å². The number of carbonyl (C=O) groups is 2. The first-order valence-electron chi connectivity index (χ1n) is 8.58. The van der Waals surface area contributed by atoms with Gasteiger partial charge in [0.2, 0.25) is 11.8 Å². The molecule has 25 heavy (non-hydrogen) atoms. The minimum Gasteiger partial charge on any atom is -0.496 e. The number of likely N-dealkylation sites (tertiary alicyclic amines) is 1. The summed E-state index contributed by atoms with van der Waals surface area (Å²) in [7, 11) is 1.62. The van der Waals surface area contributed by atoms with Crippen molar-refractivity contribution in [3.05, 3.63) is 29.8 Å². The molecule has 2 saturated heterocycles. The van der Waals surface area contributed by atoms with E-state index < -0.39 is 0 Å². The van der Waals surface area contributed by atoms with Crippen LogP contribution in [-0.4, -0.2) is 56.0 Å². The summed E-state index contributed by atoms with van der Waals surface area (Å²) in [5.41, 5.74) is 0.915. The molecule has 2 amide bonds. The Bertz CT molecular complexity index is 599. The Labute approximate surface area is 154 Å². The van der Waals surface area contributed by atoms with Gasteiger partial charge in [0, 0.05) is 37.8 Å². The van der Waals surface area contributed by atoms with E-state index >= 15 is 0 Å². The highest BCUT2D eigenvalue weighted by atomic mass is 35.5. The molecule has 7 heteroatoms. The summed E-state index contributed by atoms with van der Waals surface area (Å²) in [6, 6.07) is 7.81. The second kappa shape index (κ2) is 9.06. The summed E-state index contributed by atoms with van der Waals surface area (Å²) < 4.78 is 5.31.